The summed E-state index contributed by atoms with van der Waals surface area (Å²) in [5.74, 6) is -8.59. The molecule has 0 aromatic carbocycles. The Labute approximate surface area is 331 Å². The number of nitrogens with one attached hydrogen (secondary N) is 6. The predicted octanol–water partition coefficient (Wildman–Crippen LogP) is -4.43. The Morgan fingerprint density at radius 3 is 1.47 bits per heavy atom. The van der Waals surface area contributed by atoms with Crippen LogP contribution in [0.5, 0.6) is 0 Å². The van der Waals surface area contributed by atoms with Crippen molar-refractivity contribution in [3.63, 3.8) is 0 Å². The van der Waals surface area contributed by atoms with Crippen LogP contribution in [0.4, 0.5) is 0 Å². The molecule has 0 aliphatic carbocycles. The van der Waals surface area contributed by atoms with Crippen molar-refractivity contribution in [1.82, 2.24) is 31.9 Å². The fourth-order valence-electron chi connectivity index (χ4n) is 4.87. The molecule has 21 nitrogen and oxygen atoms in total. The summed E-state index contributed by atoms with van der Waals surface area (Å²) < 4.78 is 0. The first kappa shape index (κ1) is 50.6. The molecule has 8 atom stereocenters. The number of guanidine groups is 1. The fourth-order valence-corrected chi connectivity index (χ4v) is 5.31. The molecule has 0 radical (unpaired) electrons. The van der Waals surface area contributed by atoms with Gasteiger partial charge in [-0.1, -0.05) is 27.7 Å². The average molecular weight is 822 g/mol. The van der Waals surface area contributed by atoms with E-state index < -0.39 is 102 Å². The van der Waals surface area contributed by atoms with Crippen molar-refractivity contribution in [1.29, 1.82) is 0 Å². The van der Waals surface area contributed by atoms with Gasteiger partial charge >= 0.3 is 5.97 Å². The lowest BCUT2D eigenvalue weighted by molar-refractivity contribution is -0.142. The van der Waals surface area contributed by atoms with Crippen LogP contribution in [-0.4, -0.2) is 130 Å². The number of amides is 7. The molecule has 23 heteroatoms. The number of primary amides is 1. The molecule has 16 N–H and O–H groups in total. The van der Waals surface area contributed by atoms with Crippen molar-refractivity contribution in [2.45, 2.75) is 115 Å². The van der Waals surface area contributed by atoms with E-state index in [1.54, 1.807) is 27.7 Å². The van der Waals surface area contributed by atoms with Crippen molar-refractivity contribution in [2.24, 2.45) is 39.8 Å². The molecule has 0 fully saturated rings. The summed E-state index contributed by atoms with van der Waals surface area (Å²) in [7, 11) is 0. The summed E-state index contributed by atoms with van der Waals surface area (Å²) in [4.78, 5) is 107. The molecule has 0 spiro atoms. The van der Waals surface area contributed by atoms with Crippen LogP contribution in [0.2, 0.25) is 0 Å². The molecular formula is C32H59N11O10S2. The van der Waals surface area contributed by atoms with E-state index in [-0.39, 0.29) is 61.5 Å². The van der Waals surface area contributed by atoms with E-state index in [1.165, 1.54) is 0 Å². The first-order chi connectivity index (χ1) is 25.5. The van der Waals surface area contributed by atoms with Crippen molar-refractivity contribution in [2.75, 3.05) is 18.1 Å². The molecule has 0 unspecified atom stereocenters. The molecule has 0 aromatic heterocycles. The first-order valence-electron chi connectivity index (χ1n) is 17.6. The van der Waals surface area contributed by atoms with Gasteiger partial charge in [0.2, 0.25) is 41.4 Å². The minimum absolute atomic E-state index is 0.00560. The molecule has 0 bridgehead atoms. The summed E-state index contributed by atoms with van der Waals surface area (Å²) in [6.45, 7) is 8.25. The number of aliphatic imine (C=N–C) groups is 1. The highest BCUT2D eigenvalue weighted by atomic mass is 32.1. The molecule has 0 rings (SSSR count). The molecule has 0 saturated carbocycles. The van der Waals surface area contributed by atoms with Crippen LogP contribution in [0.25, 0.3) is 0 Å². The third kappa shape index (κ3) is 20.2. The lowest BCUT2D eigenvalue weighted by Crippen LogP contribution is -2.62. The molecule has 55 heavy (non-hydrogen) atoms. The zero-order valence-electron chi connectivity index (χ0n) is 31.7. The van der Waals surface area contributed by atoms with Gasteiger partial charge in [-0.2, -0.15) is 25.3 Å². The largest absolute Gasteiger partial charge is 0.481 e. The number of hydrogen-bond donors (Lipinski definition) is 14. The van der Waals surface area contributed by atoms with Gasteiger partial charge in [0.15, 0.2) is 5.96 Å². The van der Waals surface area contributed by atoms with Gasteiger partial charge in [-0.15, -0.1) is 0 Å². The van der Waals surface area contributed by atoms with Crippen LogP contribution in [0.1, 0.15) is 66.7 Å². The second kappa shape index (κ2) is 25.7. The van der Waals surface area contributed by atoms with Gasteiger partial charge in [0, 0.05) is 18.1 Å². The number of thiol groups is 2. The predicted molar refractivity (Wildman–Crippen MR) is 209 cm³/mol. The normalized spacial score (nSPS) is 15.5. The van der Waals surface area contributed by atoms with Gasteiger partial charge in [0.25, 0.3) is 0 Å². The summed E-state index contributed by atoms with van der Waals surface area (Å²) in [5, 5.41) is 34.4. The number of carboxylic acid groups (broad SMARTS) is 1. The number of nitrogens with zero attached hydrogens (tertiary/aromatic N) is 1. The Hall–Kier alpha value is -4.35. The average Bonchev–Trinajstić information content (AvgIpc) is 3.07. The number of aliphatic carboxylic acids is 1. The Kier molecular flexibility index (Phi) is 23.6. The molecule has 0 aliphatic rings. The van der Waals surface area contributed by atoms with Gasteiger partial charge in [-0.3, -0.25) is 43.3 Å². The summed E-state index contributed by atoms with van der Waals surface area (Å²) in [5.41, 5.74) is 21.7. The molecular weight excluding hydrogens is 763 g/mol. The van der Waals surface area contributed by atoms with E-state index >= 15 is 0 Å². The van der Waals surface area contributed by atoms with Crippen LogP contribution in [0.15, 0.2) is 4.99 Å². The second-order valence-corrected chi connectivity index (χ2v) is 14.4. The zero-order chi connectivity index (χ0) is 42.6. The highest BCUT2D eigenvalue weighted by molar-refractivity contribution is 7.80. The van der Waals surface area contributed by atoms with Crippen LogP contribution in [-0.2, 0) is 38.4 Å². The molecule has 7 amide bonds. The number of hydrogen-bond acceptors (Lipinski definition) is 13. The first-order valence-corrected chi connectivity index (χ1v) is 18.8. The van der Waals surface area contributed by atoms with Gasteiger partial charge in [0.1, 0.15) is 36.3 Å². The number of aliphatic hydroxyl groups excluding tert-OH is 1. The van der Waals surface area contributed by atoms with Gasteiger partial charge in [-0.05, 0) is 44.4 Å². The third-order valence-corrected chi connectivity index (χ3v) is 8.47. The number of carbonyl (C=O) groups is 8. The van der Waals surface area contributed by atoms with Crippen molar-refractivity contribution < 1.29 is 48.6 Å². The van der Waals surface area contributed by atoms with Crippen molar-refractivity contribution in [3.05, 3.63) is 0 Å². The number of aliphatic hydroxyl groups is 1. The van der Waals surface area contributed by atoms with Gasteiger partial charge in [0.05, 0.1) is 18.6 Å². The van der Waals surface area contributed by atoms with E-state index in [0.29, 0.717) is 0 Å². The van der Waals surface area contributed by atoms with E-state index in [1.807, 2.05) is 0 Å². The minimum Gasteiger partial charge on any atom is -0.481 e. The van der Waals surface area contributed by atoms with Gasteiger partial charge in [-0.25, -0.2) is 0 Å². The summed E-state index contributed by atoms with van der Waals surface area (Å²) >= 11 is 7.99. The minimum atomic E-state index is -1.82. The molecule has 0 aromatic rings. The van der Waals surface area contributed by atoms with Crippen LogP contribution >= 0.6 is 25.3 Å². The highest BCUT2D eigenvalue weighted by Crippen LogP contribution is 2.10. The second-order valence-electron chi connectivity index (χ2n) is 13.7. The van der Waals surface area contributed by atoms with Crippen molar-refractivity contribution in [3.8, 4) is 0 Å². The Bertz CT molecular complexity index is 1370. The fraction of sp³-hybridized carbons (Fsp3) is 0.719. The highest BCUT2D eigenvalue weighted by Gasteiger charge is 2.36. The topological polar surface area (TPSA) is 366 Å². The molecule has 0 saturated heterocycles. The Morgan fingerprint density at radius 1 is 0.618 bits per heavy atom. The molecule has 0 heterocycles. The van der Waals surface area contributed by atoms with E-state index in [9.17, 15) is 48.6 Å². The Morgan fingerprint density at radius 2 is 1.05 bits per heavy atom. The van der Waals surface area contributed by atoms with E-state index in [4.69, 9.17) is 22.9 Å². The standard InChI is InChI=1S/C32H59N11O10S2/c1-14(2)9-19(39-27(49)18(7-6-8-37-32(35)36)38-26(48)17(33)12-54)28(50)40-21(11-23(45)46)30(52)43-24(16(5)44)31(53)41-20(10-15(3)4)29(51)42-22(13-55)25(34)47/h14-22,24,44,54-55H,6-13,33H2,1-5H3,(H2,34,47)(H,38,48)(H,39,49)(H,40,50)(H,41,53)(H,42,51)(H,43,52)(H,45,46)(H4,35,36,37)/t16-,17+,18+,19+,20+,21+,22+,24+/m1/s1. The van der Waals surface area contributed by atoms with Gasteiger partial charge < -0.3 is 65.0 Å². The van der Waals surface area contributed by atoms with Crippen LogP contribution in [0, 0.1) is 11.8 Å². The number of carbonyl (C=O) groups excluding carboxylic acids is 7. The molecule has 0 aliphatic heterocycles. The maximum absolute atomic E-state index is 13.6. The van der Waals surface area contributed by atoms with Crippen molar-refractivity contribution >= 4 is 78.5 Å². The number of rotatable bonds is 26. The molecule has 314 valence electrons. The SMILES string of the molecule is CC(C)C[C@H](NC(=O)[C@H](CCCN=C(N)N)NC(=O)[C@@H](N)CS)C(=O)N[C@@H](CC(=O)O)C(=O)N[C@H](C(=O)N[C@@H](CC(C)C)C(=O)N[C@@H](CS)C(N)=O)[C@@H](C)O. The number of carboxylic acids is 1. The Balaban J connectivity index is 6.27. The summed E-state index contributed by atoms with van der Waals surface area (Å²) in [6.07, 6.45) is -2.23. The lowest BCUT2D eigenvalue weighted by Gasteiger charge is -2.28. The maximum atomic E-state index is 13.6. The summed E-state index contributed by atoms with van der Waals surface area (Å²) in [6, 6.07) is -9.60. The lowest BCUT2D eigenvalue weighted by atomic mass is 10.0. The monoisotopic (exact) mass is 821 g/mol. The van der Waals surface area contributed by atoms with Crippen LogP contribution in [0.3, 0.4) is 0 Å². The van der Waals surface area contributed by atoms with Crippen LogP contribution < -0.4 is 54.8 Å². The van der Waals surface area contributed by atoms with E-state index in [0.717, 1.165) is 6.92 Å². The third-order valence-electron chi connectivity index (χ3n) is 7.71. The quantitative estimate of drug-likeness (QED) is 0.0170. The number of nitrogens with two attached hydrogens (primary N) is 4. The maximum Gasteiger partial charge on any atom is 0.305 e. The smallest absolute Gasteiger partial charge is 0.305 e. The zero-order valence-corrected chi connectivity index (χ0v) is 33.5. The van der Waals surface area contributed by atoms with E-state index in [2.05, 4.69) is 62.2 Å².